The summed E-state index contributed by atoms with van der Waals surface area (Å²) in [5.41, 5.74) is 1.01. The number of nitrogens with one attached hydrogen (secondary N) is 2. The summed E-state index contributed by atoms with van der Waals surface area (Å²) in [6.07, 6.45) is -2.35. The lowest BCUT2D eigenvalue weighted by Gasteiger charge is -2.39. The van der Waals surface area contributed by atoms with Gasteiger partial charge in [-0.1, -0.05) is 6.07 Å². The van der Waals surface area contributed by atoms with Crippen molar-refractivity contribution in [3.05, 3.63) is 23.9 Å². The Balaban J connectivity index is 0.00000450. The Hall–Kier alpha value is -1.63. The number of hydrogen-bond donors (Lipinski definition) is 2. The van der Waals surface area contributed by atoms with Gasteiger partial charge in [0.05, 0.1) is 6.54 Å². The number of aryl methyl sites for hydroxylation is 1. The molecule has 0 spiro atoms. The van der Waals surface area contributed by atoms with Gasteiger partial charge in [-0.2, -0.15) is 13.2 Å². The van der Waals surface area contributed by atoms with Crippen LogP contribution in [0.5, 0.6) is 0 Å². The van der Waals surface area contributed by atoms with E-state index in [9.17, 15) is 18.0 Å². The number of anilines is 1. The van der Waals surface area contributed by atoms with E-state index in [1.807, 2.05) is 24.8 Å². The second-order valence-electron chi connectivity index (χ2n) is 7.00. The highest BCUT2D eigenvalue weighted by atomic mass is 127. The molecule has 1 aliphatic rings. The summed E-state index contributed by atoms with van der Waals surface area (Å²) in [4.78, 5) is 24.0. The topological polar surface area (TPSA) is 72.9 Å². The SMILES string of the molecule is CCNC(=NCCC(=O)Nc1ccc(C)cn1)N1CCN(C(C)C(F)(F)F)CC1.I. The van der Waals surface area contributed by atoms with Crippen molar-refractivity contribution in [3.63, 3.8) is 0 Å². The van der Waals surface area contributed by atoms with Gasteiger partial charge in [0.25, 0.3) is 0 Å². The van der Waals surface area contributed by atoms with Crippen LogP contribution in [0.25, 0.3) is 0 Å². The number of aliphatic imine (C=N–C) groups is 1. The Labute approximate surface area is 192 Å². The second-order valence-corrected chi connectivity index (χ2v) is 7.00. The Kier molecular flexibility index (Phi) is 10.8. The van der Waals surface area contributed by atoms with Crippen molar-refractivity contribution >= 4 is 41.7 Å². The first kappa shape index (κ1) is 26.4. The molecule has 2 heterocycles. The van der Waals surface area contributed by atoms with Crippen LogP contribution in [0.1, 0.15) is 25.8 Å². The minimum Gasteiger partial charge on any atom is -0.357 e. The molecule has 0 aromatic carbocycles. The van der Waals surface area contributed by atoms with Crippen LogP contribution in [-0.4, -0.2) is 78.1 Å². The number of carbonyl (C=O) groups excluding carboxylic acids is 1. The smallest absolute Gasteiger partial charge is 0.357 e. The zero-order valence-electron chi connectivity index (χ0n) is 17.5. The average molecular weight is 542 g/mol. The van der Waals surface area contributed by atoms with Crippen LogP contribution in [0.3, 0.4) is 0 Å². The van der Waals surface area contributed by atoms with E-state index in [0.717, 1.165) is 5.56 Å². The zero-order chi connectivity index (χ0) is 21.4. The molecule has 1 amide bonds. The minimum absolute atomic E-state index is 0. The van der Waals surface area contributed by atoms with E-state index in [2.05, 4.69) is 20.6 Å². The predicted molar refractivity (Wildman–Crippen MR) is 122 cm³/mol. The van der Waals surface area contributed by atoms with Crippen LogP contribution in [0.4, 0.5) is 19.0 Å². The van der Waals surface area contributed by atoms with Gasteiger partial charge in [0.1, 0.15) is 11.9 Å². The summed E-state index contributed by atoms with van der Waals surface area (Å²) < 4.78 is 38.7. The van der Waals surface area contributed by atoms with E-state index in [0.29, 0.717) is 44.5 Å². The number of halogens is 4. The van der Waals surface area contributed by atoms with Gasteiger partial charge in [0, 0.05) is 45.3 Å². The molecule has 1 atom stereocenters. The van der Waals surface area contributed by atoms with Gasteiger partial charge in [-0.25, -0.2) is 4.98 Å². The summed E-state index contributed by atoms with van der Waals surface area (Å²) in [5, 5.41) is 5.87. The molecule has 2 N–H and O–H groups in total. The lowest BCUT2D eigenvalue weighted by molar-refractivity contribution is -0.181. The standard InChI is InChI=1S/C19H29F3N6O.HI/c1-4-23-18(28-11-9-27(10-12-28)15(3)19(20,21)22)24-8-7-17(29)26-16-6-5-14(2)13-25-16;/h5-6,13,15H,4,7-12H2,1-3H3,(H,23,24)(H,25,26,29);1H. The highest BCUT2D eigenvalue weighted by Crippen LogP contribution is 2.25. The van der Waals surface area contributed by atoms with Crippen molar-refractivity contribution in [1.29, 1.82) is 0 Å². The predicted octanol–water partition coefficient (Wildman–Crippen LogP) is 2.87. The molecule has 1 unspecified atom stereocenters. The Morgan fingerprint density at radius 1 is 1.27 bits per heavy atom. The van der Waals surface area contributed by atoms with E-state index in [-0.39, 0.29) is 42.8 Å². The zero-order valence-corrected chi connectivity index (χ0v) is 19.8. The molecule has 0 aliphatic carbocycles. The summed E-state index contributed by atoms with van der Waals surface area (Å²) in [6.45, 7) is 7.46. The first-order valence-electron chi connectivity index (χ1n) is 9.77. The Morgan fingerprint density at radius 3 is 2.47 bits per heavy atom. The number of aromatic nitrogens is 1. The highest BCUT2D eigenvalue weighted by Gasteiger charge is 2.41. The quantitative estimate of drug-likeness (QED) is 0.329. The number of guanidine groups is 1. The van der Waals surface area contributed by atoms with E-state index in [1.165, 1.54) is 11.8 Å². The van der Waals surface area contributed by atoms with Crippen molar-refractivity contribution in [1.82, 2.24) is 20.1 Å². The van der Waals surface area contributed by atoms with E-state index < -0.39 is 12.2 Å². The molecular weight excluding hydrogens is 512 g/mol. The number of pyridine rings is 1. The molecule has 0 saturated carbocycles. The third-order valence-corrected chi connectivity index (χ3v) is 4.75. The maximum atomic E-state index is 12.9. The molecule has 0 radical (unpaired) electrons. The number of rotatable bonds is 6. The monoisotopic (exact) mass is 542 g/mol. The van der Waals surface area contributed by atoms with Gasteiger partial charge in [-0.15, -0.1) is 24.0 Å². The number of hydrogen-bond acceptors (Lipinski definition) is 4. The van der Waals surface area contributed by atoms with Gasteiger partial charge in [-0.3, -0.25) is 14.7 Å². The highest BCUT2D eigenvalue weighted by molar-refractivity contribution is 14.0. The van der Waals surface area contributed by atoms with E-state index >= 15 is 0 Å². The molecule has 11 heteroatoms. The Morgan fingerprint density at radius 2 is 1.93 bits per heavy atom. The van der Waals surface area contributed by atoms with Gasteiger partial charge in [-0.05, 0) is 32.4 Å². The van der Waals surface area contributed by atoms with Crippen LogP contribution in [-0.2, 0) is 4.79 Å². The second kappa shape index (κ2) is 12.3. The molecule has 170 valence electrons. The summed E-state index contributed by atoms with van der Waals surface area (Å²) in [7, 11) is 0. The maximum absolute atomic E-state index is 12.9. The molecule has 1 aromatic heterocycles. The summed E-state index contributed by atoms with van der Waals surface area (Å²) >= 11 is 0. The van der Waals surface area contributed by atoms with Crippen LogP contribution >= 0.6 is 24.0 Å². The molecule has 30 heavy (non-hydrogen) atoms. The van der Waals surface area contributed by atoms with Gasteiger partial charge >= 0.3 is 6.18 Å². The molecule has 1 saturated heterocycles. The minimum atomic E-state index is -4.22. The molecule has 0 bridgehead atoms. The van der Waals surface area contributed by atoms with E-state index in [4.69, 9.17) is 0 Å². The number of piperazine rings is 1. The number of amides is 1. The fraction of sp³-hybridized carbons (Fsp3) is 0.632. The van der Waals surface area contributed by atoms with Crippen molar-refractivity contribution in [2.45, 2.75) is 39.4 Å². The lowest BCUT2D eigenvalue weighted by atomic mass is 10.2. The van der Waals surface area contributed by atoms with Crippen molar-refractivity contribution in [2.75, 3.05) is 44.6 Å². The van der Waals surface area contributed by atoms with Crippen LogP contribution in [0.2, 0.25) is 0 Å². The summed E-state index contributed by atoms with van der Waals surface area (Å²) in [6, 6.07) is 2.15. The molecule has 1 fully saturated rings. The third kappa shape index (κ3) is 8.25. The number of nitrogens with zero attached hydrogens (tertiary/aromatic N) is 4. The number of alkyl halides is 3. The normalized spacial score (nSPS) is 16.6. The fourth-order valence-electron chi connectivity index (χ4n) is 2.96. The van der Waals surface area contributed by atoms with Crippen LogP contribution < -0.4 is 10.6 Å². The number of carbonyl (C=O) groups is 1. The van der Waals surface area contributed by atoms with Crippen molar-refractivity contribution in [3.8, 4) is 0 Å². The molecular formula is C19H30F3IN6O. The fourth-order valence-corrected chi connectivity index (χ4v) is 2.96. The van der Waals surface area contributed by atoms with Gasteiger partial charge < -0.3 is 15.5 Å². The van der Waals surface area contributed by atoms with E-state index in [1.54, 1.807) is 12.3 Å². The Bertz CT molecular complexity index is 691. The molecule has 2 rings (SSSR count). The largest absolute Gasteiger partial charge is 0.403 e. The van der Waals surface area contributed by atoms with Crippen molar-refractivity contribution in [2.24, 2.45) is 4.99 Å². The first-order valence-corrected chi connectivity index (χ1v) is 9.77. The lowest BCUT2D eigenvalue weighted by Crippen LogP contribution is -2.56. The molecule has 7 nitrogen and oxygen atoms in total. The first-order chi connectivity index (χ1) is 13.7. The van der Waals surface area contributed by atoms with Crippen LogP contribution in [0.15, 0.2) is 23.3 Å². The van der Waals surface area contributed by atoms with Crippen LogP contribution in [0, 0.1) is 6.92 Å². The van der Waals surface area contributed by atoms with Gasteiger partial charge in [0.15, 0.2) is 5.96 Å². The average Bonchev–Trinajstić information content (AvgIpc) is 2.68. The molecule has 1 aromatic rings. The third-order valence-electron chi connectivity index (χ3n) is 4.75. The summed E-state index contributed by atoms with van der Waals surface area (Å²) in [5.74, 6) is 0.921. The maximum Gasteiger partial charge on any atom is 0.403 e. The van der Waals surface area contributed by atoms with Crippen molar-refractivity contribution < 1.29 is 18.0 Å². The molecule has 1 aliphatic heterocycles. The van der Waals surface area contributed by atoms with Gasteiger partial charge in [0.2, 0.25) is 5.91 Å².